The number of hydrogen-bond donors (Lipinski definition) is 0. The van der Waals surface area contributed by atoms with Gasteiger partial charge >= 0.3 is 0 Å². The predicted octanol–water partition coefficient (Wildman–Crippen LogP) is 5.66. The van der Waals surface area contributed by atoms with Crippen molar-refractivity contribution in [2.45, 2.75) is 0 Å². The van der Waals surface area contributed by atoms with Crippen LogP contribution in [0.25, 0.3) is 37.4 Å². The molecule has 5 rings (SSSR count). The van der Waals surface area contributed by atoms with Crippen molar-refractivity contribution < 1.29 is 0 Å². The number of thiophene rings is 1. The van der Waals surface area contributed by atoms with Crippen molar-refractivity contribution in [3.05, 3.63) is 52.3 Å². The normalized spacial score (nSPS) is 12.5. The Bertz CT molecular complexity index is 1070. The molecule has 1 nitrogen and oxygen atoms in total. The summed E-state index contributed by atoms with van der Waals surface area (Å²) >= 11 is 5.47. The fraction of sp³-hybridized carbons (Fsp3) is 0. The lowest BCUT2D eigenvalue weighted by Gasteiger charge is -1.95. The van der Waals surface area contributed by atoms with E-state index in [0.29, 0.717) is 0 Å². The lowest BCUT2D eigenvalue weighted by atomic mass is 10.1. The highest BCUT2D eigenvalue weighted by Crippen LogP contribution is 2.42. The van der Waals surface area contributed by atoms with E-state index in [2.05, 4.69) is 68.2 Å². The van der Waals surface area contributed by atoms with Gasteiger partial charge in [0.25, 0.3) is 0 Å². The van der Waals surface area contributed by atoms with Gasteiger partial charge in [-0.25, -0.2) is 0 Å². The van der Waals surface area contributed by atoms with Crippen LogP contribution in [-0.2, 0) is 0 Å². The summed E-state index contributed by atoms with van der Waals surface area (Å²) in [5.41, 5.74) is 2.66. The van der Waals surface area contributed by atoms with E-state index in [1.807, 2.05) is 11.3 Å². The highest BCUT2D eigenvalue weighted by molar-refractivity contribution is 9.10. The second kappa shape index (κ2) is 3.30. The molecular formula is C16H8BrNS. The Morgan fingerprint density at radius 3 is 2.58 bits per heavy atom. The molecule has 3 aromatic heterocycles. The standard InChI is InChI=1S/C16H8BrNS/c17-9-7-12-10-3-1-2-4-14(10)18-15(12)13(8-9)11-5-6-19-16(11)18/h1-8H. The molecule has 0 fully saturated rings. The third-order valence-corrected chi connectivity index (χ3v) is 5.23. The van der Waals surface area contributed by atoms with Gasteiger partial charge in [0.05, 0.1) is 11.0 Å². The molecule has 3 heterocycles. The molecule has 0 amide bonds. The van der Waals surface area contributed by atoms with Crippen LogP contribution in [-0.4, -0.2) is 4.40 Å². The van der Waals surface area contributed by atoms with Crippen molar-refractivity contribution in [3.8, 4) is 0 Å². The highest BCUT2D eigenvalue weighted by atomic mass is 79.9. The summed E-state index contributed by atoms with van der Waals surface area (Å²) < 4.78 is 3.56. The molecule has 2 aromatic carbocycles. The summed E-state index contributed by atoms with van der Waals surface area (Å²) in [6.45, 7) is 0. The molecule has 0 aliphatic heterocycles. The van der Waals surface area contributed by atoms with Crippen molar-refractivity contribution >= 4 is 64.7 Å². The van der Waals surface area contributed by atoms with E-state index >= 15 is 0 Å². The lowest BCUT2D eigenvalue weighted by molar-refractivity contribution is 1.39. The maximum Gasteiger partial charge on any atom is 0.108 e. The number of rotatable bonds is 0. The minimum atomic E-state index is 1.15. The van der Waals surface area contributed by atoms with Gasteiger partial charge in [-0.05, 0) is 29.6 Å². The predicted molar refractivity (Wildman–Crippen MR) is 86.7 cm³/mol. The second-order valence-corrected chi connectivity index (χ2v) is 6.65. The van der Waals surface area contributed by atoms with Gasteiger partial charge in [0.2, 0.25) is 0 Å². The Balaban J connectivity index is 2.33. The van der Waals surface area contributed by atoms with Gasteiger partial charge in [0.15, 0.2) is 0 Å². The first kappa shape index (κ1) is 10.2. The molecule has 0 saturated carbocycles. The van der Waals surface area contributed by atoms with Crippen molar-refractivity contribution in [2.75, 3.05) is 0 Å². The summed E-state index contributed by atoms with van der Waals surface area (Å²) in [5.74, 6) is 0. The molecular weight excluding hydrogens is 318 g/mol. The van der Waals surface area contributed by atoms with Crippen LogP contribution in [0, 0.1) is 0 Å². The zero-order valence-corrected chi connectivity index (χ0v) is 12.3. The quantitative estimate of drug-likeness (QED) is 0.346. The molecule has 0 aliphatic carbocycles. The third-order valence-electron chi connectivity index (χ3n) is 3.87. The number of aromatic nitrogens is 1. The van der Waals surface area contributed by atoms with Gasteiger partial charge in [0, 0.05) is 26.0 Å². The third kappa shape index (κ3) is 1.11. The molecule has 90 valence electrons. The molecule has 3 heteroatoms. The van der Waals surface area contributed by atoms with Gasteiger partial charge in [-0.15, -0.1) is 11.3 Å². The highest BCUT2D eigenvalue weighted by Gasteiger charge is 2.17. The van der Waals surface area contributed by atoms with Gasteiger partial charge < -0.3 is 0 Å². The van der Waals surface area contributed by atoms with Gasteiger partial charge in [-0.2, -0.15) is 0 Å². The van der Waals surface area contributed by atoms with Crippen molar-refractivity contribution in [3.63, 3.8) is 0 Å². The minimum absolute atomic E-state index is 1.15. The fourth-order valence-corrected chi connectivity index (χ4v) is 4.55. The molecule has 0 aliphatic rings. The van der Waals surface area contributed by atoms with E-state index < -0.39 is 0 Å². The summed E-state index contributed by atoms with van der Waals surface area (Å²) in [4.78, 5) is 1.35. The Kier molecular flexibility index (Phi) is 1.78. The molecule has 5 aromatic rings. The summed E-state index contributed by atoms with van der Waals surface area (Å²) in [6, 6.07) is 15.3. The molecule has 0 spiro atoms. The zero-order chi connectivity index (χ0) is 12.6. The first-order chi connectivity index (χ1) is 9.34. The maximum atomic E-state index is 3.65. The first-order valence-electron chi connectivity index (χ1n) is 6.15. The number of para-hydroxylation sites is 1. The zero-order valence-electron chi connectivity index (χ0n) is 9.85. The van der Waals surface area contributed by atoms with E-state index in [4.69, 9.17) is 0 Å². The van der Waals surface area contributed by atoms with Crippen LogP contribution in [0.1, 0.15) is 0 Å². The van der Waals surface area contributed by atoms with Gasteiger partial charge in [-0.1, -0.05) is 34.1 Å². The number of nitrogens with zero attached hydrogens (tertiary/aromatic N) is 1. The molecule has 0 bridgehead atoms. The van der Waals surface area contributed by atoms with Crippen LogP contribution in [0.2, 0.25) is 0 Å². The molecule has 0 radical (unpaired) electrons. The Hall–Kier alpha value is -1.58. The Morgan fingerprint density at radius 2 is 1.68 bits per heavy atom. The summed E-state index contributed by atoms with van der Waals surface area (Å²) in [6.07, 6.45) is 0. The lowest BCUT2D eigenvalue weighted by Crippen LogP contribution is -1.76. The number of halogens is 1. The van der Waals surface area contributed by atoms with Crippen LogP contribution in [0.15, 0.2) is 52.3 Å². The van der Waals surface area contributed by atoms with E-state index in [1.54, 1.807) is 0 Å². The van der Waals surface area contributed by atoms with Crippen LogP contribution in [0.4, 0.5) is 0 Å². The number of fused-ring (bicyclic) bond motifs is 6. The first-order valence-corrected chi connectivity index (χ1v) is 7.83. The fourth-order valence-electron chi connectivity index (χ4n) is 3.16. The van der Waals surface area contributed by atoms with E-state index in [0.717, 1.165) is 4.47 Å². The van der Waals surface area contributed by atoms with Crippen LogP contribution < -0.4 is 0 Å². The van der Waals surface area contributed by atoms with Crippen molar-refractivity contribution in [1.29, 1.82) is 0 Å². The van der Waals surface area contributed by atoms with E-state index in [-0.39, 0.29) is 0 Å². The number of benzene rings is 2. The smallest absolute Gasteiger partial charge is 0.108 e. The number of hydrogen-bond acceptors (Lipinski definition) is 1. The molecule has 0 saturated heterocycles. The average molecular weight is 326 g/mol. The van der Waals surface area contributed by atoms with Crippen LogP contribution in [0.5, 0.6) is 0 Å². The molecule has 0 N–H and O–H groups in total. The topological polar surface area (TPSA) is 4.41 Å². The van der Waals surface area contributed by atoms with E-state index in [1.165, 1.54) is 37.4 Å². The molecule has 0 unspecified atom stereocenters. The van der Waals surface area contributed by atoms with Gasteiger partial charge in [-0.3, -0.25) is 4.40 Å². The van der Waals surface area contributed by atoms with Crippen molar-refractivity contribution in [2.24, 2.45) is 0 Å². The molecule has 19 heavy (non-hydrogen) atoms. The van der Waals surface area contributed by atoms with Crippen LogP contribution in [0.3, 0.4) is 0 Å². The molecule has 0 atom stereocenters. The average Bonchev–Trinajstić information content (AvgIpc) is 3.06. The van der Waals surface area contributed by atoms with Gasteiger partial charge in [0.1, 0.15) is 4.83 Å². The second-order valence-electron chi connectivity index (χ2n) is 4.84. The van der Waals surface area contributed by atoms with Crippen molar-refractivity contribution in [1.82, 2.24) is 4.40 Å². The summed E-state index contributed by atoms with van der Waals surface area (Å²) in [5, 5.41) is 7.55. The maximum absolute atomic E-state index is 3.65. The Morgan fingerprint density at radius 1 is 0.895 bits per heavy atom. The SMILES string of the molecule is Brc1cc2c3ccccc3n3c4sccc4c(c1)c23. The Labute approximate surface area is 121 Å². The monoisotopic (exact) mass is 325 g/mol. The minimum Gasteiger partial charge on any atom is -0.300 e. The largest absolute Gasteiger partial charge is 0.300 e. The van der Waals surface area contributed by atoms with E-state index in [9.17, 15) is 0 Å². The van der Waals surface area contributed by atoms with Crippen LogP contribution >= 0.6 is 27.3 Å². The summed E-state index contributed by atoms with van der Waals surface area (Å²) in [7, 11) is 0.